The summed E-state index contributed by atoms with van der Waals surface area (Å²) in [4.78, 5) is 21.9. The summed E-state index contributed by atoms with van der Waals surface area (Å²) in [5.74, 6) is 1.17. The molecular formula is C21H21ClN4O2. The van der Waals surface area contributed by atoms with E-state index in [1.807, 2.05) is 44.2 Å². The van der Waals surface area contributed by atoms with Crippen LogP contribution < -0.4 is 15.4 Å². The molecule has 2 N–H and O–H groups in total. The Morgan fingerprint density at radius 3 is 2.50 bits per heavy atom. The molecule has 0 unspecified atom stereocenters. The van der Waals surface area contributed by atoms with E-state index in [0.717, 1.165) is 5.56 Å². The van der Waals surface area contributed by atoms with Gasteiger partial charge in [-0.25, -0.2) is 9.97 Å². The Hall–Kier alpha value is -3.12. The van der Waals surface area contributed by atoms with Crippen molar-refractivity contribution in [1.82, 2.24) is 9.97 Å². The van der Waals surface area contributed by atoms with E-state index in [-0.39, 0.29) is 17.6 Å². The van der Waals surface area contributed by atoms with Crippen LogP contribution in [-0.4, -0.2) is 29.0 Å². The number of hydrogen-bond acceptors (Lipinski definition) is 5. The molecular weight excluding hydrogens is 376 g/mol. The van der Waals surface area contributed by atoms with Crippen molar-refractivity contribution in [2.24, 2.45) is 0 Å². The van der Waals surface area contributed by atoms with Crippen LogP contribution in [0.15, 0.2) is 54.6 Å². The number of anilines is 2. The van der Waals surface area contributed by atoms with Crippen molar-refractivity contribution >= 4 is 29.0 Å². The fourth-order valence-corrected chi connectivity index (χ4v) is 2.79. The van der Waals surface area contributed by atoms with E-state index < -0.39 is 0 Å². The van der Waals surface area contributed by atoms with Crippen LogP contribution in [0.3, 0.4) is 0 Å². The van der Waals surface area contributed by atoms with Crippen molar-refractivity contribution < 1.29 is 9.53 Å². The number of methoxy groups -OCH3 is 1. The summed E-state index contributed by atoms with van der Waals surface area (Å²) in [6.45, 7) is 4.00. The van der Waals surface area contributed by atoms with E-state index in [1.54, 1.807) is 24.3 Å². The van der Waals surface area contributed by atoms with Crippen LogP contribution in [0, 0.1) is 0 Å². The van der Waals surface area contributed by atoms with Crippen molar-refractivity contribution in [2.45, 2.75) is 19.9 Å². The van der Waals surface area contributed by atoms with Gasteiger partial charge in [-0.1, -0.05) is 41.9 Å². The van der Waals surface area contributed by atoms with Crippen molar-refractivity contribution in [3.8, 4) is 17.1 Å². The highest BCUT2D eigenvalue weighted by Crippen LogP contribution is 2.28. The summed E-state index contributed by atoms with van der Waals surface area (Å²) in [7, 11) is 1.53. The van der Waals surface area contributed by atoms with E-state index >= 15 is 0 Å². The van der Waals surface area contributed by atoms with Gasteiger partial charge >= 0.3 is 0 Å². The molecule has 0 aliphatic rings. The molecule has 6 nitrogen and oxygen atoms in total. The molecule has 0 atom stereocenters. The monoisotopic (exact) mass is 396 g/mol. The van der Waals surface area contributed by atoms with Gasteiger partial charge in [-0.15, -0.1) is 0 Å². The molecule has 0 bridgehead atoms. The lowest BCUT2D eigenvalue weighted by atomic mass is 10.2. The largest absolute Gasteiger partial charge is 0.495 e. The first-order chi connectivity index (χ1) is 13.5. The van der Waals surface area contributed by atoms with Crippen LogP contribution >= 0.6 is 11.6 Å². The average molecular weight is 397 g/mol. The third kappa shape index (κ3) is 4.78. The molecule has 0 radical (unpaired) electrons. The van der Waals surface area contributed by atoms with Gasteiger partial charge in [0.1, 0.15) is 17.3 Å². The number of halogens is 1. The topological polar surface area (TPSA) is 76.1 Å². The minimum absolute atomic E-state index is 0.155. The third-order valence-corrected chi connectivity index (χ3v) is 4.07. The Bertz CT molecular complexity index is 977. The highest BCUT2D eigenvalue weighted by atomic mass is 35.5. The Morgan fingerprint density at radius 2 is 1.82 bits per heavy atom. The lowest BCUT2D eigenvalue weighted by Gasteiger charge is -2.13. The number of nitrogens with zero attached hydrogens (tertiary/aromatic N) is 2. The van der Waals surface area contributed by atoms with Gasteiger partial charge in [0.15, 0.2) is 5.82 Å². The zero-order valence-corrected chi connectivity index (χ0v) is 16.6. The number of hydrogen-bond donors (Lipinski definition) is 2. The highest BCUT2D eigenvalue weighted by Gasteiger charge is 2.16. The van der Waals surface area contributed by atoms with E-state index in [0.29, 0.717) is 28.1 Å². The van der Waals surface area contributed by atoms with Gasteiger partial charge in [0.25, 0.3) is 5.91 Å². The first kappa shape index (κ1) is 19.6. The van der Waals surface area contributed by atoms with Crippen LogP contribution in [0.5, 0.6) is 5.75 Å². The Balaban J connectivity index is 1.98. The average Bonchev–Trinajstić information content (AvgIpc) is 2.68. The second-order valence-corrected chi connectivity index (χ2v) is 6.86. The SMILES string of the molecule is COc1ccc(Cl)cc1NC(=O)c1cc(NC(C)C)nc(-c2ccccc2)n1. The fourth-order valence-electron chi connectivity index (χ4n) is 2.61. The summed E-state index contributed by atoms with van der Waals surface area (Å²) in [6, 6.07) is 16.3. The maximum absolute atomic E-state index is 12.9. The zero-order valence-electron chi connectivity index (χ0n) is 15.9. The smallest absolute Gasteiger partial charge is 0.274 e. The van der Waals surface area contributed by atoms with Gasteiger partial charge in [0.05, 0.1) is 12.8 Å². The van der Waals surface area contributed by atoms with Crippen molar-refractivity contribution in [1.29, 1.82) is 0 Å². The quantitative estimate of drug-likeness (QED) is 0.621. The van der Waals surface area contributed by atoms with E-state index in [1.165, 1.54) is 7.11 Å². The molecule has 1 amide bonds. The number of nitrogens with one attached hydrogen (secondary N) is 2. The van der Waals surface area contributed by atoms with Crippen LogP contribution in [0.2, 0.25) is 5.02 Å². The van der Waals surface area contributed by atoms with Gasteiger partial charge in [-0.2, -0.15) is 0 Å². The van der Waals surface area contributed by atoms with Crippen LogP contribution in [0.25, 0.3) is 11.4 Å². The maximum atomic E-state index is 12.9. The minimum atomic E-state index is -0.382. The lowest BCUT2D eigenvalue weighted by molar-refractivity contribution is 0.102. The predicted octanol–water partition coefficient (Wildman–Crippen LogP) is 4.88. The molecule has 1 heterocycles. The molecule has 0 aliphatic heterocycles. The van der Waals surface area contributed by atoms with Crippen molar-refractivity contribution in [2.75, 3.05) is 17.7 Å². The first-order valence-corrected chi connectivity index (χ1v) is 9.20. The zero-order chi connectivity index (χ0) is 20.1. The van der Waals surface area contributed by atoms with E-state index in [9.17, 15) is 4.79 Å². The third-order valence-electron chi connectivity index (χ3n) is 3.84. The first-order valence-electron chi connectivity index (χ1n) is 8.82. The van der Waals surface area contributed by atoms with Crippen LogP contribution in [-0.2, 0) is 0 Å². The molecule has 28 heavy (non-hydrogen) atoms. The number of benzene rings is 2. The van der Waals surface area contributed by atoms with Crippen molar-refractivity contribution in [3.63, 3.8) is 0 Å². The molecule has 0 spiro atoms. The molecule has 0 saturated heterocycles. The number of amides is 1. The molecule has 2 aromatic carbocycles. The molecule has 3 aromatic rings. The molecule has 0 saturated carbocycles. The van der Waals surface area contributed by atoms with Gasteiger partial charge in [-0.05, 0) is 32.0 Å². The molecule has 7 heteroatoms. The van der Waals surface area contributed by atoms with Crippen LogP contribution in [0.4, 0.5) is 11.5 Å². The lowest BCUT2D eigenvalue weighted by Crippen LogP contribution is -2.18. The summed E-state index contributed by atoms with van der Waals surface area (Å²) in [5, 5.41) is 6.53. The van der Waals surface area contributed by atoms with Gasteiger partial charge in [0, 0.05) is 22.7 Å². The van der Waals surface area contributed by atoms with Gasteiger partial charge < -0.3 is 15.4 Å². The molecule has 0 aliphatic carbocycles. The normalized spacial score (nSPS) is 10.6. The second-order valence-electron chi connectivity index (χ2n) is 6.43. The Labute approximate surface area is 168 Å². The molecule has 3 rings (SSSR count). The summed E-state index contributed by atoms with van der Waals surface area (Å²) in [5.41, 5.74) is 1.53. The number of aromatic nitrogens is 2. The van der Waals surface area contributed by atoms with E-state index in [2.05, 4.69) is 20.6 Å². The second kappa shape index (κ2) is 8.71. The van der Waals surface area contributed by atoms with Crippen LogP contribution in [0.1, 0.15) is 24.3 Å². The summed E-state index contributed by atoms with van der Waals surface area (Å²) < 4.78 is 5.29. The summed E-state index contributed by atoms with van der Waals surface area (Å²) in [6.07, 6.45) is 0. The maximum Gasteiger partial charge on any atom is 0.274 e. The number of ether oxygens (including phenoxy) is 1. The highest BCUT2D eigenvalue weighted by molar-refractivity contribution is 6.31. The molecule has 0 fully saturated rings. The van der Waals surface area contributed by atoms with E-state index in [4.69, 9.17) is 16.3 Å². The fraction of sp³-hybridized carbons (Fsp3) is 0.190. The summed E-state index contributed by atoms with van der Waals surface area (Å²) >= 11 is 6.05. The number of carbonyl (C=O) groups is 1. The number of rotatable bonds is 6. The predicted molar refractivity (Wildman–Crippen MR) is 112 cm³/mol. The molecule has 1 aromatic heterocycles. The minimum Gasteiger partial charge on any atom is -0.495 e. The Kier molecular flexibility index (Phi) is 6.11. The van der Waals surface area contributed by atoms with Gasteiger partial charge in [0.2, 0.25) is 0 Å². The van der Waals surface area contributed by atoms with Crippen molar-refractivity contribution in [3.05, 3.63) is 65.3 Å². The Morgan fingerprint density at radius 1 is 1.07 bits per heavy atom. The van der Waals surface area contributed by atoms with Gasteiger partial charge in [-0.3, -0.25) is 4.79 Å². The molecule has 144 valence electrons. The standard InChI is InChI=1S/C21H21ClN4O2/c1-13(2)23-19-12-17(24-20(26-19)14-7-5-4-6-8-14)21(27)25-16-11-15(22)9-10-18(16)28-3/h4-13H,1-3H3,(H,25,27)(H,23,24,26). The number of carbonyl (C=O) groups excluding carboxylic acids is 1.